The van der Waals surface area contributed by atoms with Gasteiger partial charge in [-0.1, -0.05) is 17.7 Å². The molecule has 0 fully saturated rings. The first-order chi connectivity index (χ1) is 7.45. The molecular weight excluding hydrogens is 252 g/mol. The molecule has 1 aromatic carbocycles. The van der Waals surface area contributed by atoms with Crippen LogP contribution in [-0.2, 0) is 16.5 Å². The van der Waals surface area contributed by atoms with E-state index in [1.165, 1.54) is 6.07 Å². The number of aryl methyl sites for hydroxylation is 1. The molecule has 0 saturated carbocycles. The average Bonchev–Trinajstić information content (AvgIpc) is 2.19. The number of aliphatic hydroxyl groups is 1. The Balaban J connectivity index is 2.99. The minimum Gasteiger partial charge on any atom is -0.396 e. The monoisotopic (exact) mass is 264 g/mol. The smallest absolute Gasteiger partial charge is 0.294 e. The molecule has 1 rings (SSSR count). The number of aliphatic hydroxyl groups excluding tert-OH is 1. The summed E-state index contributed by atoms with van der Waals surface area (Å²) in [5.41, 5.74) is 0.514. The van der Waals surface area contributed by atoms with Crippen LogP contribution in [0.15, 0.2) is 23.1 Å². The maximum Gasteiger partial charge on any atom is 0.294 e. The fourth-order valence-corrected chi connectivity index (χ4v) is 2.42. The Morgan fingerprint density at radius 3 is 2.50 bits per heavy atom. The third-order valence-corrected chi connectivity index (χ3v) is 3.33. The molecule has 4 nitrogen and oxygen atoms in total. The van der Waals surface area contributed by atoms with E-state index in [-0.39, 0.29) is 16.5 Å². The second-order valence-corrected chi connectivity index (χ2v) is 5.23. The molecule has 1 aromatic rings. The van der Waals surface area contributed by atoms with Gasteiger partial charge in [-0.25, -0.2) is 0 Å². The van der Waals surface area contributed by atoms with E-state index in [2.05, 4.69) is 0 Å². The second-order valence-electron chi connectivity index (χ2n) is 3.41. The molecule has 0 aliphatic carbocycles. The van der Waals surface area contributed by atoms with Crippen LogP contribution in [0.4, 0.5) is 0 Å². The Morgan fingerprint density at radius 2 is 1.94 bits per heavy atom. The van der Waals surface area contributed by atoms with Gasteiger partial charge >= 0.3 is 0 Å². The molecule has 0 spiro atoms. The first-order valence-electron chi connectivity index (χ1n) is 4.82. The minimum atomic E-state index is -4.24. The van der Waals surface area contributed by atoms with Gasteiger partial charge in [-0.15, -0.1) is 0 Å². The van der Waals surface area contributed by atoms with E-state index in [1.807, 2.05) is 0 Å². The van der Waals surface area contributed by atoms with Crippen LogP contribution in [0.25, 0.3) is 0 Å². The average molecular weight is 265 g/mol. The van der Waals surface area contributed by atoms with Crippen molar-refractivity contribution in [3.8, 4) is 0 Å². The van der Waals surface area contributed by atoms with Gasteiger partial charge in [0.15, 0.2) is 0 Å². The predicted octanol–water partition coefficient (Wildman–Crippen LogP) is 1.90. The molecule has 0 aliphatic heterocycles. The van der Waals surface area contributed by atoms with E-state index in [0.717, 1.165) is 0 Å². The highest BCUT2D eigenvalue weighted by atomic mass is 35.5. The van der Waals surface area contributed by atoms with Crippen molar-refractivity contribution in [2.75, 3.05) is 6.61 Å². The third kappa shape index (κ3) is 3.75. The fraction of sp³-hybridized carbons (Fsp3) is 0.400. The predicted molar refractivity (Wildman–Crippen MR) is 61.3 cm³/mol. The number of halogens is 1. The van der Waals surface area contributed by atoms with E-state index >= 15 is 0 Å². The quantitative estimate of drug-likeness (QED) is 0.629. The first-order valence-corrected chi connectivity index (χ1v) is 6.63. The first kappa shape index (κ1) is 13.4. The van der Waals surface area contributed by atoms with E-state index in [9.17, 15) is 8.42 Å². The Morgan fingerprint density at radius 1 is 1.25 bits per heavy atom. The minimum absolute atomic E-state index is 0.0643. The normalized spacial score (nSPS) is 11.7. The summed E-state index contributed by atoms with van der Waals surface area (Å²) in [4.78, 5) is -0.155. The van der Waals surface area contributed by atoms with Crippen molar-refractivity contribution in [3.63, 3.8) is 0 Å². The summed E-state index contributed by atoms with van der Waals surface area (Å²) >= 11 is 5.67. The Hall–Kier alpha value is -0.620. The highest BCUT2D eigenvalue weighted by Gasteiger charge is 2.15. The van der Waals surface area contributed by atoms with Crippen LogP contribution in [0.5, 0.6) is 0 Å². The maximum atomic E-state index is 11.1. The van der Waals surface area contributed by atoms with Crippen LogP contribution in [0, 0.1) is 0 Å². The summed E-state index contributed by atoms with van der Waals surface area (Å²) in [7, 11) is -4.24. The van der Waals surface area contributed by atoms with Crippen LogP contribution in [0.3, 0.4) is 0 Å². The third-order valence-electron chi connectivity index (χ3n) is 2.16. The maximum absolute atomic E-state index is 11.1. The van der Waals surface area contributed by atoms with E-state index < -0.39 is 10.1 Å². The summed E-state index contributed by atoms with van der Waals surface area (Å²) in [6, 6.07) is 4.37. The molecule has 90 valence electrons. The summed E-state index contributed by atoms with van der Waals surface area (Å²) in [5.74, 6) is 0. The summed E-state index contributed by atoms with van der Waals surface area (Å²) < 4.78 is 31.2. The summed E-state index contributed by atoms with van der Waals surface area (Å²) in [6.45, 7) is 0.0643. The van der Waals surface area contributed by atoms with Crippen molar-refractivity contribution in [1.82, 2.24) is 0 Å². The lowest BCUT2D eigenvalue weighted by atomic mass is 10.1. The number of benzene rings is 1. The largest absolute Gasteiger partial charge is 0.396 e. The van der Waals surface area contributed by atoms with E-state index in [1.54, 1.807) is 12.1 Å². The topological polar surface area (TPSA) is 74.6 Å². The van der Waals surface area contributed by atoms with Gasteiger partial charge in [0.25, 0.3) is 10.1 Å². The molecule has 0 unspecified atom stereocenters. The molecule has 0 bridgehead atoms. The number of hydrogen-bond acceptors (Lipinski definition) is 3. The molecule has 0 heterocycles. The van der Waals surface area contributed by atoms with Gasteiger partial charge in [0.1, 0.15) is 0 Å². The molecule has 16 heavy (non-hydrogen) atoms. The molecular formula is C10H13ClO4S. The number of rotatable bonds is 5. The molecule has 0 saturated heterocycles. The van der Waals surface area contributed by atoms with Crippen LogP contribution in [-0.4, -0.2) is 24.7 Å². The Kier molecular flexibility index (Phi) is 4.73. The van der Waals surface area contributed by atoms with Crippen LogP contribution in [0.1, 0.15) is 18.4 Å². The zero-order valence-electron chi connectivity index (χ0n) is 8.56. The van der Waals surface area contributed by atoms with Crippen LogP contribution in [0.2, 0.25) is 5.02 Å². The van der Waals surface area contributed by atoms with Gasteiger partial charge in [0.05, 0.1) is 4.90 Å². The molecule has 6 heteroatoms. The molecule has 2 N–H and O–H groups in total. The van der Waals surface area contributed by atoms with Gasteiger partial charge in [-0.2, -0.15) is 8.42 Å². The van der Waals surface area contributed by atoms with Gasteiger partial charge in [0.2, 0.25) is 0 Å². The van der Waals surface area contributed by atoms with Crippen molar-refractivity contribution in [1.29, 1.82) is 0 Å². The van der Waals surface area contributed by atoms with Crippen molar-refractivity contribution >= 4 is 21.7 Å². The highest BCUT2D eigenvalue weighted by molar-refractivity contribution is 7.85. The zero-order chi connectivity index (χ0) is 12.2. The van der Waals surface area contributed by atoms with E-state index in [4.69, 9.17) is 21.3 Å². The van der Waals surface area contributed by atoms with Crippen molar-refractivity contribution in [3.05, 3.63) is 28.8 Å². The Bertz CT molecular complexity index is 456. The number of hydrogen-bond donors (Lipinski definition) is 2. The number of unbranched alkanes of at least 4 members (excludes halogenated alkanes) is 1. The van der Waals surface area contributed by atoms with Crippen molar-refractivity contribution in [2.45, 2.75) is 24.2 Å². The second kappa shape index (κ2) is 5.63. The van der Waals surface area contributed by atoms with Crippen LogP contribution >= 0.6 is 11.6 Å². The van der Waals surface area contributed by atoms with Crippen molar-refractivity contribution in [2.24, 2.45) is 0 Å². The fourth-order valence-electron chi connectivity index (χ4n) is 1.40. The summed E-state index contributed by atoms with van der Waals surface area (Å²) in [5, 5.41) is 8.89. The van der Waals surface area contributed by atoms with Gasteiger partial charge < -0.3 is 5.11 Å². The SMILES string of the molecule is O=S(=O)(O)c1cc(Cl)ccc1CCCCO. The Labute approximate surface area is 99.6 Å². The molecule has 0 atom stereocenters. The van der Waals surface area contributed by atoms with Gasteiger partial charge in [0, 0.05) is 11.6 Å². The molecule has 0 aromatic heterocycles. The van der Waals surface area contributed by atoms with Gasteiger partial charge in [-0.05, 0) is 37.0 Å². The summed E-state index contributed by atoms with van der Waals surface area (Å²) in [6.07, 6.45) is 1.72. The lowest BCUT2D eigenvalue weighted by molar-refractivity contribution is 0.284. The lowest BCUT2D eigenvalue weighted by Gasteiger charge is -2.07. The highest BCUT2D eigenvalue weighted by Crippen LogP contribution is 2.22. The van der Waals surface area contributed by atoms with Crippen LogP contribution < -0.4 is 0 Å². The van der Waals surface area contributed by atoms with Gasteiger partial charge in [-0.3, -0.25) is 4.55 Å². The standard InChI is InChI=1S/C10H13ClO4S/c11-9-5-4-8(3-1-2-6-12)10(7-9)16(13,14)15/h4-5,7,12H,1-3,6H2,(H,13,14,15). The zero-order valence-corrected chi connectivity index (χ0v) is 10.1. The van der Waals surface area contributed by atoms with Crippen molar-refractivity contribution < 1.29 is 18.1 Å². The molecule has 0 radical (unpaired) electrons. The lowest BCUT2D eigenvalue weighted by Crippen LogP contribution is -2.03. The van der Waals surface area contributed by atoms with E-state index in [0.29, 0.717) is 24.8 Å². The molecule has 0 aliphatic rings. The molecule has 0 amide bonds.